The van der Waals surface area contributed by atoms with Gasteiger partial charge in [0.05, 0.1) is 12.0 Å². The number of hydrogen-bond donors (Lipinski definition) is 0. The Labute approximate surface area is 80.7 Å². The molecule has 1 aromatic rings. The lowest BCUT2D eigenvalue weighted by Gasteiger charge is -2.08. The van der Waals surface area contributed by atoms with Gasteiger partial charge in [-0.25, -0.2) is 4.39 Å². The minimum atomic E-state index is -0.423. The molecule has 1 aromatic carbocycles. The highest BCUT2D eigenvalue weighted by Crippen LogP contribution is 2.58. The summed E-state index contributed by atoms with van der Waals surface area (Å²) in [4.78, 5) is 11.5. The Morgan fingerprint density at radius 3 is 2.57 bits per heavy atom. The van der Waals surface area contributed by atoms with E-state index in [1.807, 2.05) is 0 Å². The molecule has 0 aromatic heterocycles. The summed E-state index contributed by atoms with van der Waals surface area (Å²) >= 11 is 0. The highest BCUT2D eigenvalue weighted by molar-refractivity contribution is 5.89. The van der Waals surface area contributed by atoms with E-state index in [2.05, 4.69) is 0 Å². The van der Waals surface area contributed by atoms with Crippen molar-refractivity contribution in [2.45, 2.75) is 11.8 Å². The second-order valence-corrected chi connectivity index (χ2v) is 3.98. The van der Waals surface area contributed by atoms with Gasteiger partial charge in [-0.1, -0.05) is 12.1 Å². The van der Waals surface area contributed by atoms with E-state index in [0.29, 0.717) is 12.5 Å². The van der Waals surface area contributed by atoms with E-state index in [4.69, 9.17) is 4.74 Å². The lowest BCUT2D eigenvalue weighted by molar-refractivity contribution is -0.142. The van der Waals surface area contributed by atoms with E-state index in [9.17, 15) is 9.18 Å². The molecule has 0 bridgehead atoms. The molecule has 1 heterocycles. The van der Waals surface area contributed by atoms with Crippen molar-refractivity contribution in [3.63, 3.8) is 0 Å². The van der Waals surface area contributed by atoms with Gasteiger partial charge < -0.3 is 4.74 Å². The number of halogens is 1. The van der Waals surface area contributed by atoms with E-state index < -0.39 is 5.41 Å². The SMILES string of the molecule is O=C1OCC2CC12c1ccc(F)cc1. The van der Waals surface area contributed by atoms with Gasteiger partial charge in [0, 0.05) is 5.92 Å². The standard InChI is InChI=1S/C11H9FO2/c12-9-3-1-7(2-4-9)11-5-8(11)6-14-10(11)13/h1-4,8H,5-6H2. The summed E-state index contributed by atoms with van der Waals surface area (Å²) < 4.78 is 17.7. The van der Waals surface area contributed by atoms with Gasteiger partial charge in [0.25, 0.3) is 0 Å². The number of esters is 1. The summed E-state index contributed by atoms with van der Waals surface area (Å²) in [6, 6.07) is 6.15. The third-order valence-electron chi connectivity index (χ3n) is 3.24. The smallest absolute Gasteiger partial charge is 0.317 e. The summed E-state index contributed by atoms with van der Waals surface area (Å²) in [5, 5.41) is 0. The van der Waals surface area contributed by atoms with Crippen molar-refractivity contribution in [1.29, 1.82) is 0 Å². The molecule has 0 amide bonds. The number of carbonyl (C=O) groups is 1. The van der Waals surface area contributed by atoms with Crippen molar-refractivity contribution in [2.75, 3.05) is 6.61 Å². The van der Waals surface area contributed by atoms with Crippen LogP contribution in [0.5, 0.6) is 0 Å². The average molecular weight is 192 g/mol. The molecule has 1 saturated heterocycles. The van der Waals surface area contributed by atoms with Crippen LogP contribution in [0, 0.1) is 11.7 Å². The fourth-order valence-corrected chi connectivity index (χ4v) is 2.30. The van der Waals surface area contributed by atoms with Gasteiger partial charge in [0.15, 0.2) is 0 Å². The largest absolute Gasteiger partial charge is 0.465 e. The normalized spacial score (nSPS) is 33.8. The Hall–Kier alpha value is -1.38. The summed E-state index contributed by atoms with van der Waals surface area (Å²) in [5.74, 6) is -0.0942. The zero-order chi connectivity index (χ0) is 9.76. The molecule has 2 unspecified atom stereocenters. The van der Waals surface area contributed by atoms with E-state index in [1.165, 1.54) is 12.1 Å². The van der Waals surface area contributed by atoms with Crippen LogP contribution in [0.25, 0.3) is 0 Å². The van der Waals surface area contributed by atoms with Crippen LogP contribution in [0.1, 0.15) is 12.0 Å². The molecule has 1 aliphatic carbocycles. The lowest BCUT2D eigenvalue weighted by atomic mass is 9.95. The maximum Gasteiger partial charge on any atom is 0.317 e. The maximum atomic E-state index is 12.7. The molecule has 3 heteroatoms. The monoisotopic (exact) mass is 192 g/mol. The molecule has 72 valence electrons. The predicted octanol–water partition coefficient (Wildman–Crippen LogP) is 1.64. The molecule has 1 saturated carbocycles. The van der Waals surface area contributed by atoms with Crippen molar-refractivity contribution >= 4 is 5.97 Å². The summed E-state index contributed by atoms with van der Waals surface area (Å²) in [6.07, 6.45) is 0.859. The number of carbonyl (C=O) groups excluding carboxylic acids is 1. The van der Waals surface area contributed by atoms with E-state index in [1.54, 1.807) is 12.1 Å². The minimum Gasteiger partial charge on any atom is -0.465 e. The highest BCUT2D eigenvalue weighted by Gasteiger charge is 2.66. The fraction of sp³-hybridized carbons (Fsp3) is 0.364. The van der Waals surface area contributed by atoms with Crippen molar-refractivity contribution < 1.29 is 13.9 Å². The molecule has 0 spiro atoms. The number of fused-ring (bicyclic) bond motifs is 1. The van der Waals surface area contributed by atoms with Crippen LogP contribution >= 0.6 is 0 Å². The highest BCUT2D eigenvalue weighted by atomic mass is 19.1. The third-order valence-corrected chi connectivity index (χ3v) is 3.24. The molecule has 14 heavy (non-hydrogen) atoms. The summed E-state index contributed by atoms with van der Waals surface area (Å²) in [5.41, 5.74) is 0.472. The number of ether oxygens (including phenoxy) is 1. The van der Waals surface area contributed by atoms with Gasteiger partial charge >= 0.3 is 5.97 Å². The number of rotatable bonds is 1. The van der Waals surface area contributed by atoms with Crippen LogP contribution in [0.15, 0.2) is 24.3 Å². The molecule has 1 aliphatic heterocycles. The van der Waals surface area contributed by atoms with Crippen LogP contribution in [-0.2, 0) is 14.9 Å². The number of hydrogen-bond acceptors (Lipinski definition) is 2. The van der Waals surface area contributed by atoms with Gasteiger partial charge in [-0.3, -0.25) is 4.79 Å². The van der Waals surface area contributed by atoms with E-state index in [0.717, 1.165) is 12.0 Å². The molecule has 3 rings (SSSR count). The van der Waals surface area contributed by atoms with Gasteiger partial charge in [0.2, 0.25) is 0 Å². The molecule has 2 aliphatic rings. The molecule has 0 radical (unpaired) electrons. The van der Waals surface area contributed by atoms with Gasteiger partial charge in [-0.15, -0.1) is 0 Å². The van der Waals surface area contributed by atoms with Gasteiger partial charge in [-0.05, 0) is 24.1 Å². The van der Waals surface area contributed by atoms with Gasteiger partial charge in [-0.2, -0.15) is 0 Å². The molecule has 2 atom stereocenters. The topological polar surface area (TPSA) is 26.3 Å². The zero-order valence-electron chi connectivity index (χ0n) is 7.50. The lowest BCUT2D eigenvalue weighted by Crippen LogP contribution is -2.18. The first kappa shape index (κ1) is 7.97. The van der Waals surface area contributed by atoms with Crippen LogP contribution in [-0.4, -0.2) is 12.6 Å². The summed E-state index contributed by atoms with van der Waals surface area (Å²) in [6.45, 7) is 0.524. The molecule has 2 fully saturated rings. The summed E-state index contributed by atoms with van der Waals surface area (Å²) in [7, 11) is 0. The fourth-order valence-electron chi connectivity index (χ4n) is 2.30. The van der Waals surface area contributed by atoms with Gasteiger partial charge in [0.1, 0.15) is 5.82 Å². The van der Waals surface area contributed by atoms with Crippen LogP contribution in [0.3, 0.4) is 0 Å². The van der Waals surface area contributed by atoms with Crippen molar-refractivity contribution in [3.8, 4) is 0 Å². The zero-order valence-corrected chi connectivity index (χ0v) is 7.50. The Morgan fingerprint density at radius 2 is 2.07 bits per heavy atom. The van der Waals surface area contributed by atoms with Crippen molar-refractivity contribution in [1.82, 2.24) is 0 Å². The second kappa shape index (κ2) is 2.35. The average Bonchev–Trinajstić information content (AvgIpc) is 2.84. The molecule has 0 N–H and O–H groups in total. The van der Waals surface area contributed by atoms with Crippen LogP contribution < -0.4 is 0 Å². The predicted molar refractivity (Wildman–Crippen MR) is 47.1 cm³/mol. The Morgan fingerprint density at radius 1 is 1.36 bits per heavy atom. The van der Waals surface area contributed by atoms with Crippen LogP contribution in [0.2, 0.25) is 0 Å². The first-order valence-electron chi connectivity index (χ1n) is 4.67. The van der Waals surface area contributed by atoms with E-state index in [-0.39, 0.29) is 11.8 Å². The number of benzene rings is 1. The molecular formula is C11H9FO2. The number of cyclic esters (lactones) is 1. The van der Waals surface area contributed by atoms with Crippen LogP contribution in [0.4, 0.5) is 4.39 Å². The molecular weight excluding hydrogens is 183 g/mol. The van der Waals surface area contributed by atoms with Crippen molar-refractivity contribution in [3.05, 3.63) is 35.6 Å². The minimum absolute atomic E-state index is 0.144. The van der Waals surface area contributed by atoms with Crippen molar-refractivity contribution in [2.24, 2.45) is 5.92 Å². The Kier molecular flexibility index (Phi) is 1.34. The molecule has 2 nitrogen and oxygen atoms in total. The maximum absolute atomic E-state index is 12.7. The second-order valence-electron chi connectivity index (χ2n) is 3.98. The first-order valence-corrected chi connectivity index (χ1v) is 4.67. The third kappa shape index (κ3) is 0.820. The van der Waals surface area contributed by atoms with E-state index >= 15 is 0 Å². The first-order chi connectivity index (χ1) is 6.73. The Balaban J connectivity index is 2.04. The Bertz CT molecular complexity index is 398. The quantitative estimate of drug-likeness (QED) is 0.632.